The zero-order chi connectivity index (χ0) is 13.2. The topological polar surface area (TPSA) is 51.0 Å². The number of carbonyl (C=O) groups is 1. The number of anilines is 1. The van der Waals surface area contributed by atoms with E-state index in [1.165, 1.54) is 0 Å². The molecule has 0 spiro atoms. The van der Waals surface area contributed by atoms with Crippen molar-refractivity contribution in [3.63, 3.8) is 0 Å². The standard InChI is InChI=1S/C14H16N4O/c1-17-10-11(9-16-17)14-12(5-4-7-15-14)18-8-3-2-6-13(18)19/h4-5,7,9-10H,2-3,6,8H2,1H3. The van der Waals surface area contributed by atoms with Crippen LogP contribution in [0.4, 0.5) is 5.69 Å². The SMILES string of the molecule is Cn1cc(-c2ncccc2N2CCCCC2=O)cn1. The highest BCUT2D eigenvalue weighted by molar-refractivity contribution is 5.97. The maximum absolute atomic E-state index is 12.1. The van der Waals surface area contributed by atoms with Crippen LogP contribution < -0.4 is 4.90 Å². The Balaban J connectivity index is 2.04. The predicted molar refractivity (Wildman–Crippen MR) is 72.6 cm³/mol. The Hall–Kier alpha value is -2.17. The number of rotatable bonds is 2. The van der Waals surface area contributed by atoms with E-state index in [0.717, 1.165) is 36.3 Å². The van der Waals surface area contributed by atoms with Crippen molar-refractivity contribution < 1.29 is 4.79 Å². The van der Waals surface area contributed by atoms with Gasteiger partial charge in [-0.2, -0.15) is 5.10 Å². The zero-order valence-electron chi connectivity index (χ0n) is 10.9. The van der Waals surface area contributed by atoms with Gasteiger partial charge in [-0.25, -0.2) is 0 Å². The van der Waals surface area contributed by atoms with Gasteiger partial charge in [-0.3, -0.25) is 14.5 Å². The summed E-state index contributed by atoms with van der Waals surface area (Å²) in [6.45, 7) is 0.776. The lowest BCUT2D eigenvalue weighted by Gasteiger charge is -2.27. The summed E-state index contributed by atoms with van der Waals surface area (Å²) in [6, 6.07) is 3.83. The monoisotopic (exact) mass is 256 g/mol. The molecule has 0 saturated carbocycles. The Labute approximate surface area is 111 Å². The summed E-state index contributed by atoms with van der Waals surface area (Å²) in [7, 11) is 1.87. The lowest BCUT2D eigenvalue weighted by atomic mass is 10.1. The van der Waals surface area contributed by atoms with Gasteiger partial charge < -0.3 is 4.90 Å². The Morgan fingerprint density at radius 3 is 2.95 bits per heavy atom. The molecule has 0 atom stereocenters. The van der Waals surface area contributed by atoms with Crippen LogP contribution in [0.2, 0.25) is 0 Å². The Morgan fingerprint density at radius 1 is 1.32 bits per heavy atom. The van der Waals surface area contributed by atoms with E-state index in [9.17, 15) is 4.79 Å². The number of nitrogens with zero attached hydrogens (tertiary/aromatic N) is 4. The minimum absolute atomic E-state index is 0.185. The Bertz CT molecular complexity index is 605. The van der Waals surface area contributed by atoms with Gasteiger partial charge in [0.2, 0.25) is 5.91 Å². The molecule has 2 aromatic heterocycles. The molecule has 5 heteroatoms. The zero-order valence-corrected chi connectivity index (χ0v) is 10.9. The van der Waals surface area contributed by atoms with Gasteiger partial charge in [-0.05, 0) is 25.0 Å². The first kappa shape index (κ1) is 11.9. The van der Waals surface area contributed by atoms with Crippen molar-refractivity contribution in [1.82, 2.24) is 14.8 Å². The lowest BCUT2D eigenvalue weighted by molar-refractivity contribution is -0.119. The van der Waals surface area contributed by atoms with E-state index in [1.807, 2.05) is 30.3 Å². The predicted octanol–water partition coefficient (Wildman–Crippen LogP) is 2.00. The molecule has 1 aliphatic rings. The Kier molecular flexibility index (Phi) is 3.03. The molecular weight excluding hydrogens is 240 g/mol. The molecule has 5 nitrogen and oxygen atoms in total. The average molecular weight is 256 g/mol. The van der Waals surface area contributed by atoms with E-state index in [4.69, 9.17) is 0 Å². The molecule has 19 heavy (non-hydrogen) atoms. The van der Waals surface area contributed by atoms with Crippen molar-refractivity contribution in [3.05, 3.63) is 30.7 Å². The van der Waals surface area contributed by atoms with Crippen LogP contribution in [0.25, 0.3) is 11.3 Å². The van der Waals surface area contributed by atoms with Crippen LogP contribution >= 0.6 is 0 Å². The summed E-state index contributed by atoms with van der Waals surface area (Å²) in [6.07, 6.45) is 8.10. The molecule has 1 saturated heterocycles. The second-order valence-corrected chi connectivity index (χ2v) is 4.78. The summed E-state index contributed by atoms with van der Waals surface area (Å²) in [5.74, 6) is 0.185. The van der Waals surface area contributed by atoms with Crippen molar-refractivity contribution in [3.8, 4) is 11.3 Å². The van der Waals surface area contributed by atoms with Gasteiger partial charge in [0.25, 0.3) is 0 Å². The Morgan fingerprint density at radius 2 is 2.21 bits per heavy atom. The normalized spacial score (nSPS) is 15.8. The number of piperidine rings is 1. The first-order chi connectivity index (χ1) is 9.25. The average Bonchev–Trinajstić information content (AvgIpc) is 2.86. The second-order valence-electron chi connectivity index (χ2n) is 4.78. The molecule has 98 valence electrons. The summed E-state index contributed by atoms with van der Waals surface area (Å²) in [4.78, 5) is 18.3. The third kappa shape index (κ3) is 2.23. The van der Waals surface area contributed by atoms with Gasteiger partial charge in [0.15, 0.2) is 0 Å². The van der Waals surface area contributed by atoms with Gasteiger partial charge in [0.1, 0.15) is 0 Å². The molecule has 1 aliphatic heterocycles. The highest BCUT2D eigenvalue weighted by atomic mass is 16.2. The van der Waals surface area contributed by atoms with Gasteiger partial charge in [-0.15, -0.1) is 0 Å². The van der Waals surface area contributed by atoms with Gasteiger partial charge in [0, 0.05) is 38.0 Å². The van der Waals surface area contributed by atoms with E-state index in [0.29, 0.717) is 6.42 Å². The number of hydrogen-bond acceptors (Lipinski definition) is 3. The van der Waals surface area contributed by atoms with Crippen molar-refractivity contribution in [2.24, 2.45) is 7.05 Å². The van der Waals surface area contributed by atoms with Crippen LogP contribution in [0.1, 0.15) is 19.3 Å². The van der Waals surface area contributed by atoms with Gasteiger partial charge in [0.05, 0.1) is 17.6 Å². The molecule has 1 fully saturated rings. The molecule has 2 aromatic rings. The minimum atomic E-state index is 0.185. The molecule has 0 radical (unpaired) electrons. The molecule has 0 N–H and O–H groups in total. The van der Waals surface area contributed by atoms with Gasteiger partial charge in [-0.1, -0.05) is 0 Å². The van der Waals surface area contributed by atoms with E-state index in [1.54, 1.807) is 17.1 Å². The van der Waals surface area contributed by atoms with Crippen molar-refractivity contribution >= 4 is 11.6 Å². The number of hydrogen-bond donors (Lipinski definition) is 0. The lowest BCUT2D eigenvalue weighted by Crippen LogP contribution is -2.35. The summed E-state index contributed by atoms with van der Waals surface area (Å²) in [5.41, 5.74) is 2.66. The smallest absolute Gasteiger partial charge is 0.227 e. The van der Waals surface area contributed by atoms with Gasteiger partial charge >= 0.3 is 0 Å². The van der Waals surface area contributed by atoms with Crippen molar-refractivity contribution in [1.29, 1.82) is 0 Å². The number of aryl methyl sites for hydroxylation is 1. The molecular formula is C14H16N4O. The number of pyridine rings is 1. The van der Waals surface area contributed by atoms with E-state index in [2.05, 4.69) is 10.1 Å². The van der Waals surface area contributed by atoms with E-state index < -0.39 is 0 Å². The fourth-order valence-corrected chi connectivity index (χ4v) is 2.44. The molecule has 3 rings (SSSR count). The van der Waals surface area contributed by atoms with Crippen LogP contribution in [-0.4, -0.2) is 27.2 Å². The summed E-state index contributed by atoms with van der Waals surface area (Å²) in [5, 5.41) is 4.17. The third-order valence-electron chi connectivity index (χ3n) is 3.38. The van der Waals surface area contributed by atoms with Crippen LogP contribution in [0.15, 0.2) is 30.7 Å². The number of carbonyl (C=O) groups excluding carboxylic acids is 1. The van der Waals surface area contributed by atoms with E-state index in [-0.39, 0.29) is 5.91 Å². The first-order valence-corrected chi connectivity index (χ1v) is 6.50. The molecule has 3 heterocycles. The largest absolute Gasteiger partial charge is 0.310 e. The molecule has 1 amide bonds. The third-order valence-corrected chi connectivity index (χ3v) is 3.38. The van der Waals surface area contributed by atoms with E-state index >= 15 is 0 Å². The number of aromatic nitrogens is 3. The maximum Gasteiger partial charge on any atom is 0.227 e. The summed E-state index contributed by atoms with van der Waals surface area (Å²) >= 11 is 0. The molecule has 0 bridgehead atoms. The highest BCUT2D eigenvalue weighted by Crippen LogP contribution is 2.30. The molecule has 0 unspecified atom stereocenters. The highest BCUT2D eigenvalue weighted by Gasteiger charge is 2.23. The van der Waals surface area contributed by atoms with Crippen LogP contribution in [0.3, 0.4) is 0 Å². The van der Waals surface area contributed by atoms with Crippen LogP contribution in [0, 0.1) is 0 Å². The number of amides is 1. The summed E-state index contributed by atoms with van der Waals surface area (Å²) < 4.78 is 1.74. The fourth-order valence-electron chi connectivity index (χ4n) is 2.44. The second kappa shape index (κ2) is 4.84. The molecule has 0 aromatic carbocycles. The maximum atomic E-state index is 12.1. The minimum Gasteiger partial charge on any atom is -0.310 e. The molecule has 0 aliphatic carbocycles. The first-order valence-electron chi connectivity index (χ1n) is 6.50. The fraction of sp³-hybridized carbons (Fsp3) is 0.357. The van der Waals surface area contributed by atoms with Crippen molar-refractivity contribution in [2.45, 2.75) is 19.3 Å². The quantitative estimate of drug-likeness (QED) is 0.825. The van der Waals surface area contributed by atoms with Crippen molar-refractivity contribution in [2.75, 3.05) is 11.4 Å². The van der Waals surface area contributed by atoms with Crippen LogP contribution in [-0.2, 0) is 11.8 Å². The van der Waals surface area contributed by atoms with Crippen LogP contribution in [0.5, 0.6) is 0 Å².